The molecule has 1 fully saturated rings. The fraction of sp³-hybridized carbons (Fsp3) is 0.688. The minimum Gasteiger partial charge on any atom is -0.355 e. The summed E-state index contributed by atoms with van der Waals surface area (Å²) in [4.78, 5) is 11.5. The smallest absolute Gasteiger partial charge is 0.355 e. The highest BCUT2D eigenvalue weighted by Gasteiger charge is 2.32. The van der Waals surface area contributed by atoms with Crippen LogP contribution in [0.3, 0.4) is 0 Å². The number of thioether (sulfide) groups is 1. The van der Waals surface area contributed by atoms with Crippen LogP contribution in [-0.4, -0.2) is 53.6 Å². The summed E-state index contributed by atoms with van der Waals surface area (Å²) >= 11 is 1.90. The topological polar surface area (TPSA) is 74.2 Å². The predicted octanol–water partition coefficient (Wildman–Crippen LogP) is 3.36. The van der Waals surface area contributed by atoms with E-state index in [1.165, 1.54) is 12.8 Å². The van der Waals surface area contributed by atoms with Crippen LogP contribution in [0.15, 0.2) is 17.3 Å². The van der Waals surface area contributed by atoms with Gasteiger partial charge in [0, 0.05) is 37.6 Å². The number of guanidine groups is 1. The first kappa shape index (κ1) is 24.1. The van der Waals surface area contributed by atoms with E-state index in [0.29, 0.717) is 30.3 Å². The standard InChI is InChI=1S/C16H25F3N6S.HI/c1-20-14(24-11-4-3-5-12(10-11)26-2)22-8-9-23-15-21-7-6-13(25-15)16(17,18)19;/h6-7,11-12H,3-5,8-10H2,1-2H3,(H2,20,22,24)(H,21,23,25);1H. The molecule has 1 saturated carbocycles. The Hall–Kier alpha value is -0.980. The lowest BCUT2D eigenvalue weighted by Gasteiger charge is -2.29. The molecule has 0 aromatic carbocycles. The molecular formula is C16H26F3IN6S. The summed E-state index contributed by atoms with van der Waals surface area (Å²) < 4.78 is 37.9. The van der Waals surface area contributed by atoms with Crippen molar-refractivity contribution in [1.82, 2.24) is 20.6 Å². The Balaban J connectivity index is 0.00000364. The summed E-state index contributed by atoms with van der Waals surface area (Å²) in [7, 11) is 1.70. The molecule has 2 atom stereocenters. The van der Waals surface area contributed by atoms with Crippen molar-refractivity contribution < 1.29 is 13.2 Å². The van der Waals surface area contributed by atoms with E-state index in [2.05, 4.69) is 37.2 Å². The molecule has 0 saturated heterocycles. The van der Waals surface area contributed by atoms with Gasteiger partial charge in [-0.2, -0.15) is 24.9 Å². The van der Waals surface area contributed by atoms with Gasteiger partial charge in [-0.3, -0.25) is 4.99 Å². The second-order valence-corrected chi connectivity index (χ2v) is 7.19. The van der Waals surface area contributed by atoms with Gasteiger partial charge in [-0.15, -0.1) is 24.0 Å². The van der Waals surface area contributed by atoms with Crippen LogP contribution < -0.4 is 16.0 Å². The number of aliphatic imine (C=N–C) groups is 1. The molecule has 1 aliphatic carbocycles. The Bertz CT molecular complexity index is 602. The summed E-state index contributed by atoms with van der Waals surface area (Å²) in [6, 6.07) is 1.24. The van der Waals surface area contributed by atoms with Crippen molar-refractivity contribution in [2.24, 2.45) is 4.99 Å². The second kappa shape index (κ2) is 11.8. The quantitative estimate of drug-likeness (QED) is 0.232. The third-order valence-corrected chi connectivity index (χ3v) is 5.27. The molecule has 2 rings (SSSR count). The molecule has 0 aliphatic heterocycles. The summed E-state index contributed by atoms with van der Waals surface area (Å²) in [5.41, 5.74) is -0.957. The SMILES string of the molecule is CN=C(NCCNc1nccc(C(F)(F)F)n1)NC1CCCC(SC)C1.I. The Labute approximate surface area is 179 Å². The van der Waals surface area contributed by atoms with E-state index in [-0.39, 0.29) is 29.9 Å². The van der Waals surface area contributed by atoms with Crippen molar-refractivity contribution in [3.8, 4) is 0 Å². The predicted molar refractivity (Wildman–Crippen MR) is 115 cm³/mol. The highest BCUT2D eigenvalue weighted by Crippen LogP contribution is 2.28. The lowest BCUT2D eigenvalue weighted by molar-refractivity contribution is -0.141. The molecule has 3 N–H and O–H groups in total. The molecule has 0 radical (unpaired) electrons. The monoisotopic (exact) mass is 518 g/mol. The summed E-state index contributed by atoms with van der Waals surface area (Å²) in [5, 5.41) is 10.0. The molecule has 27 heavy (non-hydrogen) atoms. The molecular weight excluding hydrogens is 492 g/mol. The van der Waals surface area contributed by atoms with E-state index in [1.807, 2.05) is 11.8 Å². The molecule has 6 nitrogen and oxygen atoms in total. The molecule has 154 valence electrons. The number of nitrogens with one attached hydrogen (secondary N) is 3. The summed E-state index contributed by atoms with van der Waals surface area (Å²) in [6.45, 7) is 0.859. The number of rotatable bonds is 6. The van der Waals surface area contributed by atoms with Crippen LogP contribution in [-0.2, 0) is 6.18 Å². The first-order valence-corrected chi connectivity index (χ1v) is 9.85. The zero-order chi connectivity index (χ0) is 19.0. The first-order valence-electron chi connectivity index (χ1n) is 8.56. The fourth-order valence-electron chi connectivity index (χ4n) is 2.84. The minimum absolute atomic E-state index is 0. The van der Waals surface area contributed by atoms with Gasteiger partial charge < -0.3 is 16.0 Å². The molecule has 1 heterocycles. The number of aromatic nitrogens is 2. The summed E-state index contributed by atoms with van der Waals surface area (Å²) in [6.07, 6.45) is 3.45. The van der Waals surface area contributed by atoms with Gasteiger partial charge in [-0.25, -0.2) is 9.97 Å². The molecule has 2 unspecified atom stereocenters. The van der Waals surface area contributed by atoms with E-state index in [4.69, 9.17) is 0 Å². The van der Waals surface area contributed by atoms with Gasteiger partial charge in [0.05, 0.1) is 0 Å². The zero-order valence-electron chi connectivity index (χ0n) is 15.3. The third kappa shape index (κ3) is 8.28. The van der Waals surface area contributed by atoms with Gasteiger partial charge in [0.2, 0.25) is 5.95 Å². The first-order chi connectivity index (χ1) is 12.4. The molecule has 0 amide bonds. The normalized spacial score (nSPS) is 20.6. The van der Waals surface area contributed by atoms with Crippen molar-refractivity contribution >= 4 is 47.6 Å². The Kier molecular flexibility index (Phi) is 10.5. The van der Waals surface area contributed by atoms with Crippen LogP contribution in [0.2, 0.25) is 0 Å². The molecule has 1 aromatic heterocycles. The summed E-state index contributed by atoms with van der Waals surface area (Å²) in [5.74, 6) is 0.656. The molecule has 1 aromatic rings. The van der Waals surface area contributed by atoms with Crippen LogP contribution in [0, 0.1) is 0 Å². The average Bonchev–Trinajstić information content (AvgIpc) is 2.64. The van der Waals surface area contributed by atoms with E-state index in [0.717, 1.165) is 25.1 Å². The molecule has 11 heteroatoms. The van der Waals surface area contributed by atoms with Crippen molar-refractivity contribution in [3.63, 3.8) is 0 Å². The van der Waals surface area contributed by atoms with Crippen molar-refractivity contribution in [2.75, 3.05) is 31.7 Å². The molecule has 0 bridgehead atoms. The third-order valence-electron chi connectivity index (χ3n) is 4.17. The maximum Gasteiger partial charge on any atom is 0.433 e. The van der Waals surface area contributed by atoms with Gasteiger partial charge in [0.25, 0.3) is 0 Å². The van der Waals surface area contributed by atoms with Gasteiger partial charge in [-0.1, -0.05) is 6.42 Å². The largest absolute Gasteiger partial charge is 0.433 e. The lowest BCUT2D eigenvalue weighted by atomic mass is 9.95. The Morgan fingerprint density at radius 3 is 2.78 bits per heavy atom. The van der Waals surface area contributed by atoms with Crippen LogP contribution in [0.4, 0.5) is 19.1 Å². The average molecular weight is 518 g/mol. The van der Waals surface area contributed by atoms with Crippen molar-refractivity contribution in [3.05, 3.63) is 18.0 Å². The van der Waals surface area contributed by atoms with Crippen LogP contribution in [0.25, 0.3) is 0 Å². The zero-order valence-corrected chi connectivity index (χ0v) is 18.5. The van der Waals surface area contributed by atoms with Crippen molar-refractivity contribution in [1.29, 1.82) is 0 Å². The number of hydrogen-bond acceptors (Lipinski definition) is 5. The van der Waals surface area contributed by atoms with Crippen LogP contribution in [0.1, 0.15) is 31.4 Å². The van der Waals surface area contributed by atoms with E-state index < -0.39 is 11.9 Å². The number of halogens is 4. The Morgan fingerprint density at radius 2 is 2.11 bits per heavy atom. The number of nitrogens with zero attached hydrogens (tertiary/aromatic N) is 3. The highest BCUT2D eigenvalue weighted by molar-refractivity contribution is 14.0. The fourth-order valence-corrected chi connectivity index (χ4v) is 3.66. The van der Waals surface area contributed by atoms with E-state index in [9.17, 15) is 13.2 Å². The van der Waals surface area contributed by atoms with Crippen LogP contribution >= 0.6 is 35.7 Å². The lowest BCUT2D eigenvalue weighted by Crippen LogP contribution is -2.46. The van der Waals surface area contributed by atoms with Crippen LogP contribution in [0.5, 0.6) is 0 Å². The maximum absolute atomic E-state index is 12.6. The molecule has 0 spiro atoms. The number of anilines is 1. The number of hydrogen-bond donors (Lipinski definition) is 3. The molecule has 1 aliphatic rings. The minimum atomic E-state index is -4.47. The van der Waals surface area contributed by atoms with Gasteiger partial charge in [0.15, 0.2) is 5.96 Å². The van der Waals surface area contributed by atoms with Gasteiger partial charge in [0.1, 0.15) is 5.69 Å². The van der Waals surface area contributed by atoms with E-state index >= 15 is 0 Å². The van der Waals surface area contributed by atoms with Gasteiger partial charge >= 0.3 is 6.18 Å². The second-order valence-electron chi connectivity index (χ2n) is 6.05. The van der Waals surface area contributed by atoms with Gasteiger partial charge in [-0.05, 0) is 31.6 Å². The Morgan fingerprint density at radius 1 is 1.33 bits per heavy atom. The highest BCUT2D eigenvalue weighted by atomic mass is 127. The number of alkyl halides is 3. The van der Waals surface area contributed by atoms with E-state index in [1.54, 1.807) is 7.05 Å². The van der Waals surface area contributed by atoms with Crippen molar-refractivity contribution in [2.45, 2.75) is 43.2 Å². The maximum atomic E-state index is 12.6.